The van der Waals surface area contributed by atoms with Gasteiger partial charge in [-0.3, -0.25) is 0 Å². The molecule has 0 radical (unpaired) electrons. The Morgan fingerprint density at radius 2 is 2.14 bits per heavy atom. The standard InChI is InChI=1S/C12H13ClS/c1-3-10-8(2)14-12-5-4-9(7-13)6-11(10)12/h4-6H,3,7H2,1-2H3. The van der Waals surface area contributed by atoms with E-state index in [9.17, 15) is 0 Å². The minimum atomic E-state index is 0.605. The van der Waals surface area contributed by atoms with Crippen LogP contribution in [0.4, 0.5) is 0 Å². The van der Waals surface area contributed by atoms with Crippen LogP contribution in [-0.4, -0.2) is 0 Å². The summed E-state index contributed by atoms with van der Waals surface area (Å²) >= 11 is 7.71. The molecule has 0 saturated carbocycles. The molecule has 1 aromatic carbocycles. The van der Waals surface area contributed by atoms with Gasteiger partial charge in [-0.2, -0.15) is 0 Å². The fourth-order valence-electron chi connectivity index (χ4n) is 1.84. The third kappa shape index (κ3) is 1.55. The summed E-state index contributed by atoms with van der Waals surface area (Å²) in [5.74, 6) is 0.605. The van der Waals surface area contributed by atoms with Gasteiger partial charge in [0.05, 0.1) is 0 Å². The van der Waals surface area contributed by atoms with Crippen molar-refractivity contribution in [3.8, 4) is 0 Å². The minimum absolute atomic E-state index is 0.605. The van der Waals surface area contributed by atoms with Crippen molar-refractivity contribution in [3.63, 3.8) is 0 Å². The number of rotatable bonds is 2. The van der Waals surface area contributed by atoms with Gasteiger partial charge in [-0.1, -0.05) is 13.0 Å². The molecule has 0 unspecified atom stereocenters. The molecular formula is C12H13ClS. The fourth-order valence-corrected chi connectivity index (χ4v) is 3.14. The first-order valence-electron chi connectivity index (χ1n) is 4.83. The lowest BCUT2D eigenvalue weighted by molar-refractivity contribution is 1.15. The highest BCUT2D eigenvalue weighted by Crippen LogP contribution is 2.32. The third-order valence-electron chi connectivity index (χ3n) is 2.56. The van der Waals surface area contributed by atoms with Crippen molar-refractivity contribution in [2.45, 2.75) is 26.1 Å². The second-order valence-electron chi connectivity index (χ2n) is 3.45. The predicted molar refractivity (Wildman–Crippen MR) is 65.5 cm³/mol. The van der Waals surface area contributed by atoms with Gasteiger partial charge in [-0.25, -0.2) is 0 Å². The first kappa shape index (κ1) is 10.0. The Balaban J connectivity index is 2.71. The van der Waals surface area contributed by atoms with E-state index in [-0.39, 0.29) is 0 Å². The van der Waals surface area contributed by atoms with E-state index in [4.69, 9.17) is 11.6 Å². The average Bonchev–Trinajstić information content (AvgIpc) is 2.52. The maximum atomic E-state index is 5.83. The number of thiophene rings is 1. The van der Waals surface area contributed by atoms with Crippen molar-refractivity contribution in [1.82, 2.24) is 0 Å². The van der Waals surface area contributed by atoms with Crippen molar-refractivity contribution < 1.29 is 0 Å². The Labute approximate surface area is 93.5 Å². The topological polar surface area (TPSA) is 0 Å². The Hall–Kier alpha value is -0.530. The number of aryl methyl sites for hydroxylation is 2. The maximum absolute atomic E-state index is 5.83. The lowest BCUT2D eigenvalue weighted by Crippen LogP contribution is -1.81. The van der Waals surface area contributed by atoms with Gasteiger partial charge in [0.1, 0.15) is 0 Å². The highest BCUT2D eigenvalue weighted by molar-refractivity contribution is 7.19. The molecule has 2 aromatic rings. The molecule has 0 aliphatic carbocycles. The summed E-state index contributed by atoms with van der Waals surface area (Å²) in [4.78, 5) is 1.44. The molecule has 1 aromatic heterocycles. The molecular weight excluding hydrogens is 212 g/mol. The molecule has 2 heteroatoms. The SMILES string of the molecule is CCc1c(C)sc2ccc(CCl)cc12. The zero-order valence-electron chi connectivity index (χ0n) is 8.43. The number of alkyl halides is 1. The summed E-state index contributed by atoms with van der Waals surface area (Å²) in [5, 5.41) is 1.40. The second kappa shape index (κ2) is 3.92. The van der Waals surface area contributed by atoms with E-state index >= 15 is 0 Å². The third-order valence-corrected chi connectivity index (χ3v) is 4.00. The van der Waals surface area contributed by atoms with Crippen LogP contribution in [0.5, 0.6) is 0 Å². The summed E-state index contributed by atoms with van der Waals surface area (Å²) in [6, 6.07) is 6.53. The maximum Gasteiger partial charge on any atom is 0.0474 e. The minimum Gasteiger partial charge on any atom is -0.140 e. The summed E-state index contributed by atoms with van der Waals surface area (Å²) in [7, 11) is 0. The number of hydrogen-bond acceptors (Lipinski definition) is 1. The van der Waals surface area contributed by atoms with E-state index in [2.05, 4.69) is 32.0 Å². The molecule has 0 amide bonds. The van der Waals surface area contributed by atoms with Gasteiger partial charge in [0.25, 0.3) is 0 Å². The molecule has 0 fully saturated rings. The van der Waals surface area contributed by atoms with Gasteiger partial charge in [0.15, 0.2) is 0 Å². The van der Waals surface area contributed by atoms with Gasteiger partial charge < -0.3 is 0 Å². The monoisotopic (exact) mass is 224 g/mol. The van der Waals surface area contributed by atoms with Crippen LogP contribution in [0.2, 0.25) is 0 Å². The van der Waals surface area contributed by atoms with Crippen LogP contribution in [0, 0.1) is 6.92 Å². The van der Waals surface area contributed by atoms with Gasteiger partial charge in [0, 0.05) is 15.5 Å². The van der Waals surface area contributed by atoms with Gasteiger partial charge in [-0.05, 0) is 42.0 Å². The molecule has 0 N–H and O–H groups in total. The molecule has 0 spiro atoms. The van der Waals surface area contributed by atoms with E-state index in [1.165, 1.54) is 26.1 Å². The summed E-state index contributed by atoms with van der Waals surface area (Å²) in [6.07, 6.45) is 1.11. The molecule has 0 saturated heterocycles. The molecule has 0 atom stereocenters. The van der Waals surface area contributed by atoms with Crippen molar-refractivity contribution >= 4 is 33.0 Å². The zero-order chi connectivity index (χ0) is 10.1. The number of benzene rings is 1. The molecule has 1 heterocycles. The van der Waals surface area contributed by atoms with Crippen molar-refractivity contribution in [3.05, 3.63) is 34.2 Å². The van der Waals surface area contributed by atoms with Gasteiger partial charge >= 0.3 is 0 Å². The highest BCUT2D eigenvalue weighted by Gasteiger charge is 2.07. The smallest absolute Gasteiger partial charge is 0.0474 e. The summed E-state index contributed by atoms with van der Waals surface area (Å²) in [5.41, 5.74) is 2.70. The van der Waals surface area contributed by atoms with E-state index in [0.29, 0.717) is 5.88 Å². The fraction of sp³-hybridized carbons (Fsp3) is 0.333. The van der Waals surface area contributed by atoms with E-state index in [0.717, 1.165) is 6.42 Å². The van der Waals surface area contributed by atoms with Crippen molar-refractivity contribution in [1.29, 1.82) is 0 Å². The van der Waals surface area contributed by atoms with E-state index in [1.807, 2.05) is 11.3 Å². The first-order chi connectivity index (χ1) is 6.76. The number of fused-ring (bicyclic) bond motifs is 1. The predicted octanol–water partition coefficient (Wildman–Crippen LogP) is 4.51. The van der Waals surface area contributed by atoms with E-state index in [1.54, 1.807) is 0 Å². The van der Waals surface area contributed by atoms with Crippen molar-refractivity contribution in [2.75, 3.05) is 0 Å². The van der Waals surface area contributed by atoms with Crippen LogP contribution in [0.15, 0.2) is 18.2 Å². The molecule has 0 nitrogen and oxygen atoms in total. The largest absolute Gasteiger partial charge is 0.140 e. The Morgan fingerprint density at radius 1 is 1.36 bits per heavy atom. The molecule has 14 heavy (non-hydrogen) atoms. The molecule has 0 aliphatic heterocycles. The first-order valence-corrected chi connectivity index (χ1v) is 6.18. The highest BCUT2D eigenvalue weighted by atomic mass is 35.5. The summed E-state index contributed by atoms with van der Waals surface area (Å²) < 4.78 is 1.38. The van der Waals surface area contributed by atoms with Crippen LogP contribution in [0.25, 0.3) is 10.1 Å². The lowest BCUT2D eigenvalue weighted by atomic mass is 10.1. The Bertz CT molecular complexity index is 457. The summed E-state index contributed by atoms with van der Waals surface area (Å²) in [6.45, 7) is 4.41. The Morgan fingerprint density at radius 3 is 2.79 bits per heavy atom. The quantitative estimate of drug-likeness (QED) is 0.659. The van der Waals surface area contributed by atoms with Gasteiger partial charge in [0.2, 0.25) is 0 Å². The molecule has 0 bridgehead atoms. The van der Waals surface area contributed by atoms with Crippen molar-refractivity contribution in [2.24, 2.45) is 0 Å². The Kier molecular flexibility index (Phi) is 2.80. The molecule has 74 valence electrons. The molecule has 0 aliphatic rings. The van der Waals surface area contributed by atoms with Crippen LogP contribution in [0.3, 0.4) is 0 Å². The number of hydrogen-bond donors (Lipinski definition) is 0. The van der Waals surface area contributed by atoms with Crippen LogP contribution in [0.1, 0.15) is 22.9 Å². The lowest BCUT2D eigenvalue weighted by Gasteiger charge is -1.98. The molecule has 2 rings (SSSR count). The normalized spacial score (nSPS) is 11.1. The zero-order valence-corrected chi connectivity index (χ0v) is 10.0. The number of halogens is 1. The average molecular weight is 225 g/mol. The van der Waals surface area contributed by atoms with Gasteiger partial charge in [-0.15, -0.1) is 22.9 Å². The van der Waals surface area contributed by atoms with Crippen LogP contribution in [-0.2, 0) is 12.3 Å². The van der Waals surface area contributed by atoms with Crippen LogP contribution >= 0.6 is 22.9 Å². The second-order valence-corrected chi connectivity index (χ2v) is 4.98. The van der Waals surface area contributed by atoms with Crippen LogP contribution < -0.4 is 0 Å². The van der Waals surface area contributed by atoms with E-state index < -0.39 is 0 Å².